The van der Waals surface area contributed by atoms with E-state index in [9.17, 15) is 0 Å². The summed E-state index contributed by atoms with van der Waals surface area (Å²) in [7, 11) is 0. The molecule has 0 aliphatic heterocycles. The van der Waals surface area contributed by atoms with Crippen molar-refractivity contribution in [3.63, 3.8) is 0 Å². The number of thiophene rings is 1. The molecule has 0 saturated heterocycles. The average Bonchev–Trinajstić information content (AvgIpc) is 3.00. The zero-order chi connectivity index (χ0) is 13.8. The zero-order valence-electron chi connectivity index (χ0n) is 11.8. The van der Waals surface area contributed by atoms with Gasteiger partial charge in [-0.25, -0.2) is 4.68 Å². The molecule has 2 aromatic rings. The Hall–Kier alpha value is -1.49. The van der Waals surface area contributed by atoms with Crippen LogP contribution in [0.5, 0.6) is 0 Å². The number of nitrogens with zero attached hydrogens (tertiary/aromatic N) is 2. The fourth-order valence-corrected chi connectivity index (χ4v) is 3.01. The maximum absolute atomic E-state index is 6.15. The first-order valence-electron chi connectivity index (χ1n) is 6.80. The van der Waals surface area contributed by atoms with Crippen LogP contribution < -0.4 is 11.1 Å². The Balaban J connectivity index is 2.26. The predicted molar refractivity (Wildman–Crippen MR) is 82.6 cm³/mol. The molecule has 0 saturated carbocycles. The van der Waals surface area contributed by atoms with E-state index in [0.29, 0.717) is 6.04 Å². The van der Waals surface area contributed by atoms with Crippen LogP contribution in [0, 0.1) is 6.92 Å². The normalized spacial score (nSPS) is 12.6. The van der Waals surface area contributed by atoms with Crippen LogP contribution >= 0.6 is 11.3 Å². The average molecular weight is 278 g/mol. The minimum atomic E-state index is 0.300. The lowest BCUT2D eigenvalue weighted by Gasteiger charge is -2.18. The SMILES string of the molecule is CCCn1nc(C)c(N)c1NC(CC)c1cccs1. The van der Waals surface area contributed by atoms with Crippen molar-refractivity contribution in [2.24, 2.45) is 0 Å². The van der Waals surface area contributed by atoms with Gasteiger partial charge in [-0.05, 0) is 31.2 Å². The third-order valence-corrected chi connectivity index (χ3v) is 4.20. The number of anilines is 2. The second-order valence-corrected chi connectivity index (χ2v) is 5.67. The molecule has 2 rings (SSSR count). The predicted octanol–water partition coefficient (Wildman–Crippen LogP) is 3.81. The molecule has 0 fully saturated rings. The zero-order valence-corrected chi connectivity index (χ0v) is 12.6. The third kappa shape index (κ3) is 2.92. The molecule has 1 unspecified atom stereocenters. The number of aryl methyl sites for hydroxylation is 2. The molecule has 4 nitrogen and oxygen atoms in total. The molecule has 2 heterocycles. The second kappa shape index (κ2) is 6.10. The Kier molecular flexibility index (Phi) is 4.47. The van der Waals surface area contributed by atoms with Crippen LogP contribution in [-0.2, 0) is 6.54 Å². The van der Waals surface area contributed by atoms with Crippen LogP contribution in [0.4, 0.5) is 11.5 Å². The lowest BCUT2D eigenvalue weighted by molar-refractivity contribution is 0.596. The molecule has 1 atom stereocenters. The van der Waals surface area contributed by atoms with E-state index in [1.165, 1.54) is 4.88 Å². The van der Waals surface area contributed by atoms with Gasteiger partial charge in [0.05, 0.1) is 17.4 Å². The summed E-state index contributed by atoms with van der Waals surface area (Å²) in [5, 5.41) is 10.2. The van der Waals surface area contributed by atoms with Gasteiger partial charge in [-0.2, -0.15) is 5.10 Å². The van der Waals surface area contributed by atoms with Gasteiger partial charge in [-0.3, -0.25) is 0 Å². The summed E-state index contributed by atoms with van der Waals surface area (Å²) in [4.78, 5) is 1.34. The van der Waals surface area contributed by atoms with Gasteiger partial charge in [0.25, 0.3) is 0 Å². The highest BCUT2D eigenvalue weighted by Gasteiger charge is 2.17. The van der Waals surface area contributed by atoms with Crippen LogP contribution in [0.25, 0.3) is 0 Å². The summed E-state index contributed by atoms with van der Waals surface area (Å²) < 4.78 is 1.99. The first-order valence-corrected chi connectivity index (χ1v) is 7.68. The molecule has 0 aliphatic carbocycles. The second-order valence-electron chi connectivity index (χ2n) is 4.69. The van der Waals surface area contributed by atoms with Gasteiger partial charge in [0.2, 0.25) is 0 Å². The van der Waals surface area contributed by atoms with E-state index in [1.54, 1.807) is 11.3 Å². The van der Waals surface area contributed by atoms with Gasteiger partial charge < -0.3 is 11.1 Å². The van der Waals surface area contributed by atoms with Crippen LogP contribution in [0.3, 0.4) is 0 Å². The first kappa shape index (κ1) is 13.9. The quantitative estimate of drug-likeness (QED) is 0.845. The molecule has 2 aromatic heterocycles. The van der Waals surface area contributed by atoms with Gasteiger partial charge in [0.1, 0.15) is 5.82 Å². The number of hydrogen-bond donors (Lipinski definition) is 2. The summed E-state index contributed by atoms with van der Waals surface area (Å²) >= 11 is 1.77. The molecule has 0 spiro atoms. The lowest BCUT2D eigenvalue weighted by atomic mass is 10.2. The highest BCUT2D eigenvalue weighted by Crippen LogP contribution is 2.30. The van der Waals surface area contributed by atoms with Crippen LogP contribution in [0.1, 0.15) is 43.3 Å². The molecule has 0 aliphatic rings. The lowest BCUT2D eigenvalue weighted by Crippen LogP contribution is -2.14. The highest BCUT2D eigenvalue weighted by molar-refractivity contribution is 7.10. The summed E-state index contributed by atoms with van der Waals surface area (Å²) in [5.74, 6) is 0.958. The van der Waals surface area contributed by atoms with Crippen molar-refractivity contribution in [1.29, 1.82) is 0 Å². The number of nitrogen functional groups attached to an aromatic ring is 1. The minimum absolute atomic E-state index is 0.300. The fraction of sp³-hybridized carbons (Fsp3) is 0.500. The number of nitrogens with two attached hydrogens (primary N) is 1. The van der Waals surface area contributed by atoms with Crippen molar-refractivity contribution in [2.45, 2.75) is 46.2 Å². The molecule has 3 N–H and O–H groups in total. The van der Waals surface area contributed by atoms with E-state index in [-0.39, 0.29) is 0 Å². The van der Waals surface area contributed by atoms with E-state index in [1.807, 2.05) is 11.6 Å². The van der Waals surface area contributed by atoms with E-state index in [4.69, 9.17) is 5.73 Å². The van der Waals surface area contributed by atoms with E-state index in [2.05, 4.69) is 41.8 Å². The van der Waals surface area contributed by atoms with Crippen molar-refractivity contribution in [3.05, 3.63) is 28.1 Å². The molecule has 0 radical (unpaired) electrons. The molecule has 104 valence electrons. The van der Waals surface area contributed by atoms with Crippen molar-refractivity contribution in [1.82, 2.24) is 9.78 Å². The standard InChI is InChI=1S/C14H22N4S/c1-4-8-18-14(13(15)10(3)17-18)16-11(5-2)12-7-6-9-19-12/h6-7,9,11,16H,4-5,8,15H2,1-3H3. The number of hydrogen-bond acceptors (Lipinski definition) is 4. The van der Waals surface area contributed by atoms with Crippen LogP contribution in [0.2, 0.25) is 0 Å². The largest absolute Gasteiger partial charge is 0.394 e. The minimum Gasteiger partial charge on any atom is -0.394 e. The smallest absolute Gasteiger partial charge is 0.148 e. The van der Waals surface area contributed by atoms with Gasteiger partial charge in [-0.1, -0.05) is 19.9 Å². The fourth-order valence-electron chi connectivity index (χ4n) is 2.15. The Morgan fingerprint density at radius 2 is 2.26 bits per heavy atom. The maximum atomic E-state index is 6.15. The van der Waals surface area contributed by atoms with E-state index in [0.717, 1.165) is 36.6 Å². The summed E-state index contributed by atoms with van der Waals surface area (Å²) in [5.41, 5.74) is 7.81. The Bertz CT molecular complexity index is 516. The summed E-state index contributed by atoms with van der Waals surface area (Å²) in [6.07, 6.45) is 2.07. The van der Waals surface area contributed by atoms with E-state index >= 15 is 0 Å². The third-order valence-electron chi connectivity index (χ3n) is 3.21. The summed E-state index contributed by atoms with van der Waals surface area (Å²) in [6.45, 7) is 7.18. The molecular weight excluding hydrogens is 256 g/mol. The van der Waals surface area contributed by atoms with Crippen molar-refractivity contribution in [3.8, 4) is 0 Å². The first-order chi connectivity index (χ1) is 9.17. The molecule has 0 aromatic carbocycles. The Morgan fingerprint density at radius 3 is 2.84 bits per heavy atom. The van der Waals surface area contributed by atoms with Gasteiger partial charge in [0, 0.05) is 11.4 Å². The maximum Gasteiger partial charge on any atom is 0.148 e. The van der Waals surface area contributed by atoms with E-state index < -0.39 is 0 Å². The molecule has 5 heteroatoms. The molecule has 0 amide bonds. The van der Waals surface area contributed by atoms with Crippen LogP contribution in [0.15, 0.2) is 17.5 Å². The number of rotatable bonds is 6. The number of nitrogens with one attached hydrogen (secondary N) is 1. The Morgan fingerprint density at radius 1 is 1.47 bits per heavy atom. The monoisotopic (exact) mass is 278 g/mol. The topological polar surface area (TPSA) is 55.9 Å². The van der Waals surface area contributed by atoms with Crippen molar-refractivity contribution < 1.29 is 0 Å². The van der Waals surface area contributed by atoms with Crippen molar-refractivity contribution in [2.75, 3.05) is 11.1 Å². The molecule has 19 heavy (non-hydrogen) atoms. The molecule has 0 bridgehead atoms. The van der Waals surface area contributed by atoms with Gasteiger partial charge in [-0.15, -0.1) is 11.3 Å². The Labute approximate surface area is 118 Å². The highest BCUT2D eigenvalue weighted by atomic mass is 32.1. The van der Waals surface area contributed by atoms with Crippen LogP contribution in [-0.4, -0.2) is 9.78 Å². The summed E-state index contributed by atoms with van der Waals surface area (Å²) in [6, 6.07) is 4.55. The van der Waals surface area contributed by atoms with Gasteiger partial charge >= 0.3 is 0 Å². The van der Waals surface area contributed by atoms with Crippen molar-refractivity contribution >= 4 is 22.8 Å². The molecular formula is C14H22N4S. The van der Waals surface area contributed by atoms with Gasteiger partial charge in [0.15, 0.2) is 0 Å². The number of aromatic nitrogens is 2.